The molecule has 0 aliphatic carbocycles. The highest BCUT2D eigenvalue weighted by Gasteiger charge is 2.18. The second-order valence-corrected chi connectivity index (χ2v) is 5.18. The van der Waals surface area contributed by atoms with Crippen LogP contribution < -0.4 is 9.47 Å². The third-order valence-electron chi connectivity index (χ3n) is 2.83. The Hall–Kier alpha value is -1.63. The summed E-state index contributed by atoms with van der Waals surface area (Å²) in [5.41, 5.74) is 0.855. The molecule has 2 aromatic rings. The molecular weight excluding hydrogens is 374 g/mol. The quantitative estimate of drug-likeness (QED) is 0.594. The van der Waals surface area contributed by atoms with E-state index in [0.29, 0.717) is 26.2 Å². The van der Waals surface area contributed by atoms with Crippen LogP contribution in [0.15, 0.2) is 36.4 Å². The Labute approximate surface area is 129 Å². The van der Waals surface area contributed by atoms with Gasteiger partial charge in [-0.2, -0.15) is 0 Å². The van der Waals surface area contributed by atoms with Crippen LogP contribution in [0.4, 0.5) is 4.39 Å². The predicted octanol–water partition coefficient (Wildman–Crippen LogP) is 3.68. The van der Waals surface area contributed by atoms with Crippen LogP contribution in [0.2, 0.25) is 0 Å². The highest BCUT2D eigenvalue weighted by molar-refractivity contribution is 14.1. The van der Waals surface area contributed by atoms with Crippen LogP contribution in [-0.4, -0.2) is 20.0 Å². The lowest BCUT2D eigenvalue weighted by molar-refractivity contribution is 0.103. The van der Waals surface area contributed by atoms with Crippen molar-refractivity contribution in [3.63, 3.8) is 0 Å². The fraction of sp³-hybridized carbons (Fsp3) is 0.133. The first-order valence-corrected chi connectivity index (χ1v) is 6.86. The van der Waals surface area contributed by atoms with Crippen molar-refractivity contribution in [2.24, 2.45) is 0 Å². The van der Waals surface area contributed by atoms with Crippen molar-refractivity contribution in [2.45, 2.75) is 0 Å². The van der Waals surface area contributed by atoms with Crippen LogP contribution in [0.3, 0.4) is 0 Å². The molecule has 0 aromatic heterocycles. The number of methoxy groups -OCH3 is 2. The molecule has 0 N–H and O–H groups in total. The van der Waals surface area contributed by atoms with Crippen molar-refractivity contribution < 1.29 is 18.7 Å². The fourth-order valence-electron chi connectivity index (χ4n) is 1.80. The highest BCUT2D eigenvalue weighted by atomic mass is 127. The standard InChI is InChI=1S/C15H12FIO3/c1-19-10-4-6-12(14(8-10)20-2)15(18)11-5-3-9(16)7-13(11)17/h3-8H,1-2H3. The fourth-order valence-corrected chi connectivity index (χ4v) is 2.53. The van der Waals surface area contributed by atoms with Gasteiger partial charge >= 0.3 is 0 Å². The first-order chi connectivity index (χ1) is 9.56. The number of ether oxygens (including phenoxy) is 2. The zero-order valence-corrected chi connectivity index (χ0v) is 13.1. The molecule has 0 heterocycles. The maximum absolute atomic E-state index is 13.1. The molecule has 0 radical (unpaired) electrons. The molecule has 0 fully saturated rings. The van der Waals surface area contributed by atoms with Crippen LogP contribution in [0.5, 0.6) is 11.5 Å². The molecule has 0 atom stereocenters. The van der Waals surface area contributed by atoms with E-state index >= 15 is 0 Å². The molecule has 20 heavy (non-hydrogen) atoms. The van der Waals surface area contributed by atoms with Crippen LogP contribution in [0.1, 0.15) is 15.9 Å². The molecule has 0 saturated carbocycles. The largest absolute Gasteiger partial charge is 0.497 e. The lowest BCUT2D eigenvalue weighted by Crippen LogP contribution is -2.06. The lowest BCUT2D eigenvalue weighted by Gasteiger charge is -2.10. The summed E-state index contributed by atoms with van der Waals surface area (Å²) in [6, 6.07) is 9.04. The summed E-state index contributed by atoms with van der Waals surface area (Å²) in [5.74, 6) is 0.447. The normalized spacial score (nSPS) is 10.2. The van der Waals surface area contributed by atoms with Crippen molar-refractivity contribution in [3.05, 3.63) is 56.9 Å². The number of hydrogen-bond acceptors (Lipinski definition) is 3. The Morgan fingerprint density at radius 3 is 2.35 bits per heavy atom. The first kappa shape index (κ1) is 14.8. The molecule has 5 heteroatoms. The van der Waals surface area contributed by atoms with E-state index in [4.69, 9.17) is 9.47 Å². The molecule has 3 nitrogen and oxygen atoms in total. The van der Waals surface area contributed by atoms with Crippen molar-refractivity contribution >= 4 is 28.4 Å². The van der Waals surface area contributed by atoms with Crippen molar-refractivity contribution in [1.29, 1.82) is 0 Å². The van der Waals surface area contributed by atoms with Gasteiger partial charge in [-0.05, 0) is 52.9 Å². The number of benzene rings is 2. The van der Waals surface area contributed by atoms with Gasteiger partial charge in [0.25, 0.3) is 0 Å². The number of carbonyl (C=O) groups is 1. The van der Waals surface area contributed by atoms with E-state index in [9.17, 15) is 9.18 Å². The molecule has 0 aliphatic heterocycles. The minimum absolute atomic E-state index is 0.214. The minimum atomic E-state index is -0.368. The zero-order chi connectivity index (χ0) is 14.7. The Morgan fingerprint density at radius 2 is 1.75 bits per heavy atom. The molecule has 104 valence electrons. The van der Waals surface area contributed by atoms with Gasteiger partial charge in [-0.15, -0.1) is 0 Å². The molecule has 2 aromatic carbocycles. The van der Waals surface area contributed by atoms with E-state index < -0.39 is 0 Å². The van der Waals surface area contributed by atoms with Gasteiger partial charge in [0.1, 0.15) is 17.3 Å². The SMILES string of the molecule is COc1ccc(C(=O)c2ccc(F)cc2I)c(OC)c1. The molecule has 0 amide bonds. The van der Waals surface area contributed by atoms with Gasteiger partial charge in [0.15, 0.2) is 5.78 Å². The Kier molecular flexibility index (Phi) is 4.59. The van der Waals surface area contributed by atoms with E-state index in [1.54, 1.807) is 25.3 Å². The maximum atomic E-state index is 13.1. The van der Waals surface area contributed by atoms with Crippen molar-refractivity contribution in [1.82, 2.24) is 0 Å². The van der Waals surface area contributed by atoms with Gasteiger partial charge in [0.2, 0.25) is 0 Å². The minimum Gasteiger partial charge on any atom is -0.497 e. The van der Waals surface area contributed by atoms with Crippen LogP contribution in [0, 0.1) is 9.39 Å². The number of hydrogen-bond donors (Lipinski definition) is 0. The zero-order valence-electron chi connectivity index (χ0n) is 10.9. The highest BCUT2D eigenvalue weighted by Crippen LogP contribution is 2.28. The summed E-state index contributed by atoms with van der Waals surface area (Å²) in [4.78, 5) is 12.5. The third-order valence-corrected chi connectivity index (χ3v) is 3.72. The molecule has 0 spiro atoms. The van der Waals surface area contributed by atoms with Gasteiger partial charge in [-0.1, -0.05) is 0 Å². The summed E-state index contributed by atoms with van der Waals surface area (Å²) in [6.07, 6.45) is 0. The topological polar surface area (TPSA) is 35.5 Å². The molecule has 0 unspecified atom stereocenters. The van der Waals surface area contributed by atoms with E-state index in [0.717, 1.165) is 0 Å². The molecular formula is C15H12FIO3. The van der Waals surface area contributed by atoms with E-state index in [1.165, 1.54) is 25.3 Å². The summed E-state index contributed by atoms with van der Waals surface area (Å²) >= 11 is 1.94. The lowest BCUT2D eigenvalue weighted by atomic mass is 10.0. The summed E-state index contributed by atoms with van der Waals surface area (Å²) in [7, 11) is 3.03. The third kappa shape index (κ3) is 2.92. The average molecular weight is 386 g/mol. The number of rotatable bonds is 4. The van der Waals surface area contributed by atoms with Crippen LogP contribution in [-0.2, 0) is 0 Å². The monoisotopic (exact) mass is 386 g/mol. The molecule has 2 rings (SSSR count). The van der Waals surface area contributed by atoms with Gasteiger partial charge in [-0.3, -0.25) is 4.79 Å². The second kappa shape index (κ2) is 6.21. The molecule has 0 saturated heterocycles. The number of ketones is 1. The van der Waals surface area contributed by atoms with E-state index in [-0.39, 0.29) is 11.6 Å². The molecule has 0 aliphatic rings. The predicted molar refractivity (Wildman–Crippen MR) is 82.1 cm³/mol. The average Bonchev–Trinajstić information content (AvgIpc) is 2.46. The summed E-state index contributed by atoms with van der Waals surface area (Å²) in [5, 5.41) is 0. The Bertz CT molecular complexity index is 656. The summed E-state index contributed by atoms with van der Waals surface area (Å²) in [6.45, 7) is 0. The van der Waals surface area contributed by atoms with Gasteiger partial charge < -0.3 is 9.47 Å². The van der Waals surface area contributed by atoms with Crippen molar-refractivity contribution in [2.75, 3.05) is 14.2 Å². The van der Waals surface area contributed by atoms with Gasteiger partial charge in [-0.25, -0.2) is 4.39 Å². The smallest absolute Gasteiger partial charge is 0.197 e. The maximum Gasteiger partial charge on any atom is 0.197 e. The summed E-state index contributed by atoms with van der Waals surface area (Å²) < 4.78 is 24.0. The number of halogens is 2. The van der Waals surface area contributed by atoms with E-state index in [2.05, 4.69) is 0 Å². The van der Waals surface area contributed by atoms with Gasteiger partial charge in [0.05, 0.1) is 19.8 Å². The molecule has 0 bridgehead atoms. The second-order valence-electron chi connectivity index (χ2n) is 4.02. The Morgan fingerprint density at radius 1 is 1.05 bits per heavy atom. The van der Waals surface area contributed by atoms with Crippen LogP contribution >= 0.6 is 22.6 Å². The first-order valence-electron chi connectivity index (χ1n) is 5.78. The van der Waals surface area contributed by atoms with Crippen LogP contribution in [0.25, 0.3) is 0 Å². The Balaban J connectivity index is 2.47. The van der Waals surface area contributed by atoms with E-state index in [1.807, 2.05) is 22.6 Å². The number of carbonyl (C=O) groups excluding carboxylic acids is 1. The van der Waals surface area contributed by atoms with Gasteiger partial charge in [0, 0.05) is 15.2 Å². The van der Waals surface area contributed by atoms with Crippen molar-refractivity contribution in [3.8, 4) is 11.5 Å².